The molecule has 3 heteroatoms. The average Bonchev–Trinajstić information content (AvgIpc) is 2.38. The van der Waals surface area contributed by atoms with Gasteiger partial charge in [-0.1, -0.05) is 59.1 Å². The molecular weight excluding hydrogens is 279 g/mol. The van der Waals surface area contributed by atoms with Gasteiger partial charge in [0.2, 0.25) is 0 Å². The van der Waals surface area contributed by atoms with Gasteiger partial charge in [0.1, 0.15) is 0 Å². The maximum atomic E-state index is 12.0. The molecule has 1 nitrogen and oxygen atoms in total. The van der Waals surface area contributed by atoms with Crippen LogP contribution < -0.4 is 0 Å². The van der Waals surface area contributed by atoms with Crippen LogP contribution in [0.25, 0.3) is 6.08 Å². The topological polar surface area (TPSA) is 17.1 Å². The summed E-state index contributed by atoms with van der Waals surface area (Å²) in [7, 11) is 0. The molecular formula is C16H12Cl2O. The van der Waals surface area contributed by atoms with Crippen LogP contribution in [-0.4, -0.2) is 5.78 Å². The Bertz CT molecular complexity index is 628. The van der Waals surface area contributed by atoms with Crippen LogP contribution >= 0.6 is 23.2 Å². The Morgan fingerprint density at radius 3 is 2.37 bits per heavy atom. The Hall–Kier alpha value is -1.57. The van der Waals surface area contributed by atoms with Crippen LogP contribution in [0.2, 0.25) is 10.0 Å². The summed E-state index contributed by atoms with van der Waals surface area (Å²) >= 11 is 11.8. The maximum Gasteiger partial charge on any atom is 0.185 e. The molecule has 0 heterocycles. The molecule has 96 valence electrons. The third kappa shape index (κ3) is 3.69. The summed E-state index contributed by atoms with van der Waals surface area (Å²) in [5.74, 6) is -0.0500. The maximum absolute atomic E-state index is 12.0. The largest absolute Gasteiger partial charge is 0.289 e. The fourth-order valence-corrected chi connectivity index (χ4v) is 2.09. The first-order chi connectivity index (χ1) is 9.06. The van der Waals surface area contributed by atoms with E-state index in [2.05, 4.69) is 0 Å². The van der Waals surface area contributed by atoms with Gasteiger partial charge in [0, 0.05) is 15.6 Å². The number of allylic oxidation sites excluding steroid dienone is 1. The van der Waals surface area contributed by atoms with Gasteiger partial charge in [0.05, 0.1) is 0 Å². The number of carbonyl (C=O) groups is 1. The van der Waals surface area contributed by atoms with Gasteiger partial charge in [-0.3, -0.25) is 4.79 Å². The Labute approximate surface area is 122 Å². The molecule has 2 aromatic carbocycles. The SMILES string of the molecule is Cc1ccc(C(=O)/C=C\c2ccc(Cl)cc2Cl)cc1. The van der Waals surface area contributed by atoms with Gasteiger partial charge >= 0.3 is 0 Å². The Kier molecular flexibility index (Phi) is 4.41. The summed E-state index contributed by atoms with van der Waals surface area (Å²) in [6.45, 7) is 1.98. The predicted octanol–water partition coefficient (Wildman–Crippen LogP) is 5.20. The highest BCUT2D eigenvalue weighted by Crippen LogP contribution is 2.22. The van der Waals surface area contributed by atoms with E-state index in [0.717, 1.165) is 11.1 Å². The van der Waals surface area contributed by atoms with E-state index < -0.39 is 0 Å². The zero-order valence-electron chi connectivity index (χ0n) is 10.4. The molecule has 0 amide bonds. The Morgan fingerprint density at radius 2 is 1.74 bits per heavy atom. The average molecular weight is 291 g/mol. The summed E-state index contributed by atoms with van der Waals surface area (Å²) in [6, 6.07) is 12.6. The molecule has 0 unspecified atom stereocenters. The highest BCUT2D eigenvalue weighted by molar-refractivity contribution is 6.35. The van der Waals surface area contributed by atoms with Crippen molar-refractivity contribution in [1.82, 2.24) is 0 Å². The lowest BCUT2D eigenvalue weighted by Crippen LogP contribution is -1.93. The smallest absolute Gasteiger partial charge is 0.185 e. The highest BCUT2D eigenvalue weighted by atomic mass is 35.5. The van der Waals surface area contributed by atoms with Crippen LogP contribution in [0.4, 0.5) is 0 Å². The third-order valence-electron chi connectivity index (χ3n) is 2.71. The number of ketones is 1. The minimum Gasteiger partial charge on any atom is -0.289 e. The van der Waals surface area contributed by atoms with Crippen LogP contribution in [-0.2, 0) is 0 Å². The van der Waals surface area contributed by atoms with Gasteiger partial charge in [-0.25, -0.2) is 0 Å². The summed E-state index contributed by atoms with van der Waals surface area (Å²) in [4.78, 5) is 12.0. The van der Waals surface area contributed by atoms with E-state index in [1.165, 1.54) is 6.08 Å². The first kappa shape index (κ1) is 13.9. The monoisotopic (exact) mass is 290 g/mol. The molecule has 0 N–H and O–H groups in total. The van der Waals surface area contributed by atoms with Crippen molar-refractivity contribution in [1.29, 1.82) is 0 Å². The van der Waals surface area contributed by atoms with Crippen molar-refractivity contribution in [3.63, 3.8) is 0 Å². The van der Waals surface area contributed by atoms with E-state index in [-0.39, 0.29) is 5.78 Å². The molecule has 0 bridgehead atoms. The van der Waals surface area contributed by atoms with Crippen molar-refractivity contribution in [3.05, 3.63) is 75.3 Å². The number of hydrogen-bond donors (Lipinski definition) is 0. The van der Waals surface area contributed by atoms with Gasteiger partial charge < -0.3 is 0 Å². The first-order valence-electron chi connectivity index (χ1n) is 5.80. The molecule has 0 aliphatic carbocycles. The zero-order valence-corrected chi connectivity index (χ0v) is 11.9. The van der Waals surface area contributed by atoms with E-state index >= 15 is 0 Å². The summed E-state index contributed by atoms with van der Waals surface area (Å²) in [5, 5.41) is 1.10. The minimum absolute atomic E-state index is 0.0500. The molecule has 0 radical (unpaired) electrons. The lowest BCUT2D eigenvalue weighted by atomic mass is 10.1. The fraction of sp³-hybridized carbons (Fsp3) is 0.0625. The van der Waals surface area contributed by atoms with Gasteiger partial charge in [0.15, 0.2) is 5.78 Å². The van der Waals surface area contributed by atoms with Crippen LogP contribution in [0.5, 0.6) is 0 Å². The van der Waals surface area contributed by atoms with Gasteiger partial charge in [-0.05, 0) is 36.8 Å². The Morgan fingerprint density at radius 1 is 1.05 bits per heavy atom. The molecule has 0 fully saturated rings. The molecule has 0 atom stereocenters. The molecule has 0 aliphatic heterocycles. The van der Waals surface area contributed by atoms with Crippen LogP contribution in [0.1, 0.15) is 21.5 Å². The van der Waals surface area contributed by atoms with Gasteiger partial charge in [-0.15, -0.1) is 0 Å². The second kappa shape index (κ2) is 6.05. The van der Waals surface area contributed by atoms with E-state index in [0.29, 0.717) is 15.6 Å². The zero-order chi connectivity index (χ0) is 13.8. The quantitative estimate of drug-likeness (QED) is 0.561. The van der Waals surface area contributed by atoms with Crippen LogP contribution in [0.15, 0.2) is 48.5 Å². The fourth-order valence-electron chi connectivity index (χ4n) is 1.62. The van der Waals surface area contributed by atoms with Gasteiger partial charge in [0.25, 0.3) is 0 Å². The number of rotatable bonds is 3. The predicted molar refractivity (Wildman–Crippen MR) is 81.0 cm³/mol. The lowest BCUT2D eigenvalue weighted by molar-refractivity contribution is 0.104. The first-order valence-corrected chi connectivity index (χ1v) is 6.56. The van der Waals surface area contributed by atoms with Crippen molar-refractivity contribution < 1.29 is 4.79 Å². The van der Waals surface area contributed by atoms with Crippen molar-refractivity contribution in [2.24, 2.45) is 0 Å². The molecule has 0 spiro atoms. The summed E-state index contributed by atoms with van der Waals surface area (Å²) in [6.07, 6.45) is 3.21. The highest BCUT2D eigenvalue weighted by Gasteiger charge is 2.02. The number of halogens is 2. The lowest BCUT2D eigenvalue weighted by Gasteiger charge is -1.99. The number of hydrogen-bond acceptors (Lipinski definition) is 1. The second-order valence-corrected chi connectivity index (χ2v) is 5.07. The minimum atomic E-state index is -0.0500. The van der Waals surface area contributed by atoms with E-state index in [9.17, 15) is 4.79 Å². The van der Waals surface area contributed by atoms with E-state index in [1.807, 2.05) is 31.2 Å². The molecule has 0 aromatic heterocycles. The summed E-state index contributed by atoms with van der Waals surface area (Å²) in [5.41, 5.74) is 2.56. The standard InChI is InChI=1S/C16H12Cl2O/c1-11-2-4-13(5-3-11)16(19)9-7-12-6-8-14(17)10-15(12)18/h2-10H,1H3/b9-7-. The van der Waals surface area contributed by atoms with Crippen LogP contribution in [0.3, 0.4) is 0 Å². The molecule has 2 aromatic rings. The molecule has 0 saturated carbocycles. The van der Waals surface area contributed by atoms with Crippen molar-refractivity contribution in [3.8, 4) is 0 Å². The van der Waals surface area contributed by atoms with Crippen LogP contribution in [0, 0.1) is 6.92 Å². The molecule has 19 heavy (non-hydrogen) atoms. The van der Waals surface area contributed by atoms with E-state index in [4.69, 9.17) is 23.2 Å². The molecule has 0 saturated heterocycles. The number of aryl methyl sites for hydroxylation is 1. The van der Waals surface area contributed by atoms with Crippen molar-refractivity contribution in [2.75, 3.05) is 0 Å². The number of benzene rings is 2. The molecule has 2 rings (SSSR count). The van der Waals surface area contributed by atoms with E-state index in [1.54, 1.807) is 24.3 Å². The summed E-state index contributed by atoms with van der Waals surface area (Å²) < 4.78 is 0. The molecule has 0 aliphatic rings. The van der Waals surface area contributed by atoms with Crippen molar-refractivity contribution >= 4 is 35.1 Å². The third-order valence-corrected chi connectivity index (χ3v) is 3.28. The van der Waals surface area contributed by atoms with Gasteiger partial charge in [-0.2, -0.15) is 0 Å². The Balaban J connectivity index is 2.18. The normalized spacial score (nSPS) is 10.9. The van der Waals surface area contributed by atoms with Crippen molar-refractivity contribution in [2.45, 2.75) is 6.92 Å². The number of carbonyl (C=O) groups excluding carboxylic acids is 1. The second-order valence-electron chi connectivity index (χ2n) is 4.23.